The van der Waals surface area contributed by atoms with Gasteiger partial charge in [0.25, 0.3) is 0 Å². The molecule has 2 N–H and O–H groups in total. The molecule has 1 aromatic carbocycles. The lowest BCUT2D eigenvalue weighted by Gasteiger charge is -2.35. The fourth-order valence-electron chi connectivity index (χ4n) is 2.74. The molecule has 10 heteroatoms. The zero-order chi connectivity index (χ0) is 18.1. The summed E-state index contributed by atoms with van der Waals surface area (Å²) in [5.74, 6) is -1.63. The fourth-order valence-corrected chi connectivity index (χ4v) is 2.74. The van der Waals surface area contributed by atoms with Crippen molar-refractivity contribution in [1.29, 1.82) is 0 Å². The van der Waals surface area contributed by atoms with Crippen LogP contribution in [-0.4, -0.2) is 42.8 Å². The van der Waals surface area contributed by atoms with Crippen molar-refractivity contribution in [3.63, 3.8) is 0 Å². The monoisotopic (exact) mass is 360 g/mol. The summed E-state index contributed by atoms with van der Waals surface area (Å²) in [4.78, 5) is 1.41. The van der Waals surface area contributed by atoms with Crippen LogP contribution in [0.4, 0.5) is 30.7 Å². The van der Waals surface area contributed by atoms with Gasteiger partial charge in [-0.3, -0.25) is 4.90 Å². The van der Waals surface area contributed by atoms with Crippen LogP contribution in [0.25, 0.3) is 0 Å². The maximum Gasteiger partial charge on any atom is 0.416 e. The Kier molecular flexibility index (Phi) is 5.41. The molecule has 1 aliphatic rings. The highest BCUT2D eigenvalue weighted by Crippen LogP contribution is 2.41. The quantitative estimate of drug-likeness (QED) is 0.814. The number of nitrogens with zero attached hydrogens (tertiary/aromatic N) is 1. The molecule has 1 heterocycles. The molecule has 1 saturated heterocycles. The Hall–Kier alpha value is -1.39. The molecule has 24 heavy (non-hydrogen) atoms. The summed E-state index contributed by atoms with van der Waals surface area (Å²) in [5.41, 5.74) is -4.39. The maximum atomic E-state index is 14.2. The molecule has 3 nitrogen and oxygen atoms in total. The molecular formula is C14H15F7N2O. The Bertz CT molecular complexity index is 580. The van der Waals surface area contributed by atoms with Gasteiger partial charge in [0.1, 0.15) is 5.82 Å². The largest absolute Gasteiger partial charge is 0.416 e. The molecule has 0 bridgehead atoms. The van der Waals surface area contributed by atoms with Gasteiger partial charge in [0.05, 0.1) is 23.8 Å². The second kappa shape index (κ2) is 6.85. The van der Waals surface area contributed by atoms with Gasteiger partial charge in [0.15, 0.2) is 0 Å². The number of benzene rings is 1. The molecule has 0 saturated carbocycles. The highest BCUT2D eigenvalue weighted by Gasteiger charge is 2.42. The van der Waals surface area contributed by atoms with E-state index in [0.29, 0.717) is 13.1 Å². The summed E-state index contributed by atoms with van der Waals surface area (Å²) in [7, 11) is 0. The normalized spacial score (nSPS) is 18.7. The number of halogens is 7. The topological polar surface area (TPSA) is 35.5 Å². The zero-order valence-corrected chi connectivity index (χ0v) is 12.3. The summed E-state index contributed by atoms with van der Waals surface area (Å²) >= 11 is 0. The third-order valence-electron chi connectivity index (χ3n) is 3.86. The van der Waals surface area contributed by atoms with E-state index in [-0.39, 0.29) is 25.2 Å². The van der Waals surface area contributed by atoms with E-state index in [1.807, 2.05) is 0 Å². The van der Waals surface area contributed by atoms with Crippen LogP contribution in [0.1, 0.15) is 22.7 Å². The molecule has 2 rings (SSSR count). The number of aliphatic hydroxyl groups is 1. The molecular weight excluding hydrogens is 345 g/mol. The molecule has 0 aliphatic carbocycles. The summed E-state index contributed by atoms with van der Waals surface area (Å²) in [6.07, 6.45) is -10.3. The number of alkyl halides is 6. The Morgan fingerprint density at radius 1 is 1.04 bits per heavy atom. The van der Waals surface area contributed by atoms with E-state index >= 15 is 0 Å². The molecule has 136 valence electrons. The van der Waals surface area contributed by atoms with E-state index in [0.717, 1.165) is 0 Å². The molecule has 1 atom stereocenters. The number of hydrogen-bond donors (Lipinski definition) is 2. The maximum absolute atomic E-state index is 14.2. The van der Waals surface area contributed by atoms with Gasteiger partial charge >= 0.3 is 12.4 Å². The first kappa shape index (κ1) is 18.9. The lowest BCUT2D eigenvalue weighted by atomic mass is 9.95. The zero-order valence-electron chi connectivity index (χ0n) is 12.3. The van der Waals surface area contributed by atoms with Crippen molar-refractivity contribution >= 4 is 0 Å². The summed E-state index contributed by atoms with van der Waals surface area (Å²) in [5, 5.41) is 12.4. The van der Waals surface area contributed by atoms with Crippen molar-refractivity contribution < 1.29 is 35.8 Å². The summed E-state index contributed by atoms with van der Waals surface area (Å²) in [6.45, 7) is 0.470. The van der Waals surface area contributed by atoms with Crippen LogP contribution in [0, 0.1) is 5.82 Å². The van der Waals surface area contributed by atoms with E-state index in [4.69, 9.17) is 0 Å². The summed E-state index contributed by atoms with van der Waals surface area (Å²) in [6, 6.07) is -1.44. The average Bonchev–Trinajstić information content (AvgIpc) is 2.48. The lowest BCUT2D eigenvalue weighted by Crippen LogP contribution is -2.46. The van der Waals surface area contributed by atoms with Crippen molar-refractivity contribution in [2.24, 2.45) is 0 Å². The minimum atomic E-state index is -5.18. The van der Waals surface area contributed by atoms with Gasteiger partial charge in [-0.1, -0.05) is 0 Å². The van der Waals surface area contributed by atoms with Gasteiger partial charge in [0.2, 0.25) is 0 Å². The van der Waals surface area contributed by atoms with Crippen LogP contribution in [0.3, 0.4) is 0 Å². The number of piperazine rings is 1. The Balaban J connectivity index is 2.58. The smallest absolute Gasteiger partial charge is 0.394 e. The average molecular weight is 360 g/mol. The molecule has 0 amide bonds. The van der Waals surface area contributed by atoms with Gasteiger partial charge < -0.3 is 10.4 Å². The van der Waals surface area contributed by atoms with Gasteiger partial charge in [-0.25, -0.2) is 4.39 Å². The van der Waals surface area contributed by atoms with Crippen molar-refractivity contribution in [2.75, 3.05) is 32.8 Å². The van der Waals surface area contributed by atoms with Crippen LogP contribution in [0.15, 0.2) is 12.1 Å². The van der Waals surface area contributed by atoms with Gasteiger partial charge in [-0.05, 0) is 12.1 Å². The van der Waals surface area contributed by atoms with E-state index in [1.165, 1.54) is 4.90 Å². The van der Waals surface area contributed by atoms with Crippen molar-refractivity contribution in [3.05, 3.63) is 34.6 Å². The molecule has 1 fully saturated rings. The van der Waals surface area contributed by atoms with Crippen molar-refractivity contribution in [1.82, 2.24) is 10.2 Å². The number of nitrogens with one attached hydrogen (secondary N) is 1. The molecule has 0 unspecified atom stereocenters. The SMILES string of the molecule is OC[C@H](c1c(F)cc(C(F)(F)F)cc1C(F)(F)F)N1CCNCC1. The summed E-state index contributed by atoms with van der Waals surface area (Å²) < 4.78 is 92.0. The Morgan fingerprint density at radius 2 is 1.62 bits per heavy atom. The van der Waals surface area contributed by atoms with Crippen LogP contribution < -0.4 is 5.32 Å². The standard InChI is InChI=1S/C14H15F7N2O/c15-10-6-8(13(16,17)18)5-9(14(19,20)21)12(10)11(7-24)23-3-1-22-2-4-23/h5-6,11,22,24H,1-4,7H2/t11-/m1/s1. The van der Waals surface area contributed by atoms with Crippen molar-refractivity contribution in [3.8, 4) is 0 Å². The fraction of sp³-hybridized carbons (Fsp3) is 0.571. The lowest BCUT2D eigenvalue weighted by molar-refractivity contribution is -0.144. The van der Waals surface area contributed by atoms with E-state index < -0.39 is 47.5 Å². The van der Waals surface area contributed by atoms with Gasteiger partial charge in [-0.15, -0.1) is 0 Å². The predicted molar refractivity (Wildman–Crippen MR) is 70.7 cm³/mol. The third kappa shape index (κ3) is 3.98. The minimum absolute atomic E-state index is 0.0371. The van der Waals surface area contributed by atoms with Gasteiger partial charge in [0, 0.05) is 31.7 Å². The van der Waals surface area contributed by atoms with Crippen LogP contribution in [0.5, 0.6) is 0 Å². The molecule has 1 aliphatic heterocycles. The van der Waals surface area contributed by atoms with E-state index in [1.54, 1.807) is 0 Å². The highest BCUT2D eigenvalue weighted by molar-refractivity contribution is 5.39. The second-order valence-electron chi connectivity index (χ2n) is 5.40. The third-order valence-corrected chi connectivity index (χ3v) is 3.86. The molecule has 1 aromatic rings. The first-order chi connectivity index (χ1) is 11.1. The van der Waals surface area contributed by atoms with Crippen LogP contribution >= 0.6 is 0 Å². The number of hydrogen-bond acceptors (Lipinski definition) is 3. The predicted octanol–water partition coefficient (Wildman–Crippen LogP) is 2.80. The molecule has 0 aromatic heterocycles. The van der Waals surface area contributed by atoms with E-state index in [2.05, 4.69) is 5.32 Å². The minimum Gasteiger partial charge on any atom is -0.394 e. The van der Waals surface area contributed by atoms with Crippen molar-refractivity contribution in [2.45, 2.75) is 18.4 Å². The first-order valence-electron chi connectivity index (χ1n) is 7.09. The highest BCUT2D eigenvalue weighted by atomic mass is 19.4. The Labute approximate surface area is 133 Å². The second-order valence-corrected chi connectivity index (χ2v) is 5.40. The number of aliphatic hydroxyl groups excluding tert-OH is 1. The van der Waals surface area contributed by atoms with E-state index in [9.17, 15) is 35.8 Å². The molecule has 0 spiro atoms. The molecule has 0 radical (unpaired) electrons. The Morgan fingerprint density at radius 3 is 2.08 bits per heavy atom. The van der Waals surface area contributed by atoms with Gasteiger partial charge in [-0.2, -0.15) is 26.3 Å². The van der Waals surface area contributed by atoms with Crippen LogP contribution in [0.2, 0.25) is 0 Å². The van der Waals surface area contributed by atoms with Crippen LogP contribution in [-0.2, 0) is 12.4 Å². The number of rotatable bonds is 3. The first-order valence-corrected chi connectivity index (χ1v) is 7.09.